The molecule has 1 heterocycles. The Kier molecular flexibility index (Phi) is 9.87. The van der Waals surface area contributed by atoms with E-state index in [2.05, 4.69) is 20.9 Å². The van der Waals surface area contributed by atoms with Crippen molar-refractivity contribution in [2.75, 3.05) is 25.1 Å². The van der Waals surface area contributed by atoms with Crippen LogP contribution in [0.2, 0.25) is 0 Å². The van der Waals surface area contributed by atoms with Crippen molar-refractivity contribution >= 4 is 47.6 Å². The van der Waals surface area contributed by atoms with Crippen molar-refractivity contribution in [1.29, 1.82) is 0 Å². The number of hydrogen-bond donors (Lipinski definition) is 4. The molecule has 0 aromatic carbocycles. The van der Waals surface area contributed by atoms with E-state index in [0.717, 1.165) is 49.6 Å². The van der Waals surface area contributed by atoms with Gasteiger partial charge in [0, 0.05) is 37.3 Å². The summed E-state index contributed by atoms with van der Waals surface area (Å²) >= 11 is 1.79. The number of halogens is 1. The molecule has 2 fully saturated rings. The van der Waals surface area contributed by atoms with Gasteiger partial charge in [-0.1, -0.05) is 6.42 Å². The summed E-state index contributed by atoms with van der Waals surface area (Å²) < 4.78 is 0. The molecule has 0 radical (unpaired) electrons. The van der Waals surface area contributed by atoms with Crippen molar-refractivity contribution < 1.29 is 9.90 Å². The summed E-state index contributed by atoms with van der Waals surface area (Å²) in [4.78, 5) is 16.5. The molecule has 8 heteroatoms. The van der Waals surface area contributed by atoms with Crippen molar-refractivity contribution in [1.82, 2.24) is 16.0 Å². The number of carbonyl (C=O) groups is 1. The number of amides is 1. The first kappa shape index (κ1) is 22.8. The molecule has 1 saturated heterocycles. The van der Waals surface area contributed by atoms with Crippen LogP contribution >= 0.6 is 35.7 Å². The summed E-state index contributed by atoms with van der Waals surface area (Å²) in [6.07, 6.45) is 4.71. The first-order chi connectivity index (χ1) is 11.4. The predicted molar refractivity (Wildman–Crippen MR) is 116 cm³/mol. The van der Waals surface area contributed by atoms with Crippen LogP contribution in [0, 0.1) is 5.92 Å². The fraction of sp³-hybridized carbons (Fsp3) is 0.882. The first-order valence-corrected chi connectivity index (χ1v) is 10.1. The van der Waals surface area contributed by atoms with E-state index in [1.807, 2.05) is 13.8 Å². The maximum atomic E-state index is 12.2. The summed E-state index contributed by atoms with van der Waals surface area (Å²) in [6.45, 7) is 4.51. The maximum absolute atomic E-state index is 12.2. The number of thioether (sulfide) groups is 1. The highest BCUT2D eigenvalue weighted by Gasteiger charge is 2.32. The van der Waals surface area contributed by atoms with E-state index in [4.69, 9.17) is 0 Å². The van der Waals surface area contributed by atoms with Crippen LogP contribution in [-0.2, 0) is 4.79 Å². The molecule has 3 atom stereocenters. The molecule has 1 amide bonds. The number of nitrogens with zero attached hydrogens (tertiary/aromatic N) is 1. The third-order valence-corrected chi connectivity index (χ3v) is 5.94. The molecule has 0 spiro atoms. The van der Waals surface area contributed by atoms with Gasteiger partial charge in [0.1, 0.15) is 0 Å². The van der Waals surface area contributed by atoms with Crippen LogP contribution in [0.3, 0.4) is 0 Å². The van der Waals surface area contributed by atoms with E-state index in [1.54, 1.807) is 18.8 Å². The normalized spacial score (nSPS) is 29.9. The fourth-order valence-electron chi connectivity index (χ4n) is 3.33. The Morgan fingerprint density at radius 2 is 2.16 bits per heavy atom. The summed E-state index contributed by atoms with van der Waals surface area (Å²) in [5, 5.41) is 20.1. The van der Waals surface area contributed by atoms with Gasteiger partial charge in [0.15, 0.2) is 5.96 Å². The van der Waals surface area contributed by atoms with Gasteiger partial charge >= 0.3 is 0 Å². The lowest BCUT2D eigenvalue weighted by Gasteiger charge is -2.31. The lowest BCUT2D eigenvalue weighted by molar-refractivity contribution is -0.126. The van der Waals surface area contributed by atoms with Gasteiger partial charge in [-0.25, -0.2) is 0 Å². The van der Waals surface area contributed by atoms with Crippen molar-refractivity contribution in [3.63, 3.8) is 0 Å². The zero-order chi connectivity index (χ0) is 17.6. The van der Waals surface area contributed by atoms with Gasteiger partial charge in [-0.15, -0.1) is 24.0 Å². The zero-order valence-corrected chi connectivity index (χ0v) is 18.7. The smallest absolute Gasteiger partial charge is 0.223 e. The Morgan fingerprint density at radius 1 is 1.40 bits per heavy atom. The van der Waals surface area contributed by atoms with Crippen LogP contribution in [0.15, 0.2) is 4.99 Å². The van der Waals surface area contributed by atoms with Gasteiger partial charge < -0.3 is 21.1 Å². The Balaban J connectivity index is 0.00000312. The summed E-state index contributed by atoms with van der Waals surface area (Å²) in [6, 6.07) is 0.436. The molecule has 25 heavy (non-hydrogen) atoms. The average molecular weight is 484 g/mol. The molecule has 146 valence electrons. The molecule has 1 aliphatic heterocycles. The summed E-state index contributed by atoms with van der Waals surface area (Å²) in [7, 11) is 1.74. The van der Waals surface area contributed by atoms with E-state index in [-0.39, 0.29) is 47.9 Å². The number of rotatable bonds is 5. The van der Waals surface area contributed by atoms with E-state index in [1.165, 1.54) is 0 Å². The molecule has 2 aliphatic rings. The SMILES string of the molecule is CN=C(NCC1(O)CCSC1)NC1CCCC(C(=O)NC(C)C)C1.I. The second-order valence-electron chi connectivity index (χ2n) is 7.32. The number of nitrogens with one attached hydrogen (secondary N) is 3. The van der Waals surface area contributed by atoms with Crippen LogP contribution in [-0.4, -0.2) is 59.8 Å². The number of aliphatic imine (C=N–C) groups is 1. The zero-order valence-electron chi connectivity index (χ0n) is 15.5. The lowest BCUT2D eigenvalue weighted by Crippen LogP contribution is -2.51. The van der Waals surface area contributed by atoms with Crippen molar-refractivity contribution in [2.24, 2.45) is 10.9 Å². The van der Waals surface area contributed by atoms with Gasteiger partial charge in [-0.2, -0.15) is 11.8 Å². The summed E-state index contributed by atoms with van der Waals surface area (Å²) in [5.74, 6) is 2.75. The number of guanidine groups is 1. The maximum Gasteiger partial charge on any atom is 0.223 e. The fourth-order valence-corrected chi connectivity index (χ4v) is 4.63. The van der Waals surface area contributed by atoms with Gasteiger partial charge in [0.25, 0.3) is 0 Å². The van der Waals surface area contributed by atoms with Crippen LogP contribution in [0.5, 0.6) is 0 Å². The Bertz CT molecular complexity index is 456. The minimum absolute atomic E-state index is 0. The van der Waals surface area contributed by atoms with E-state index in [9.17, 15) is 9.90 Å². The quantitative estimate of drug-likeness (QED) is 0.271. The number of carbonyl (C=O) groups excluding carboxylic acids is 1. The Morgan fingerprint density at radius 3 is 2.76 bits per heavy atom. The molecule has 3 unspecified atom stereocenters. The van der Waals surface area contributed by atoms with Gasteiger partial charge in [0.05, 0.1) is 5.60 Å². The second-order valence-corrected chi connectivity index (χ2v) is 8.43. The standard InChI is InChI=1S/C17H32N4O2S.HI/c1-12(2)20-15(22)13-5-4-6-14(9-13)21-16(18-3)19-10-17(23)7-8-24-11-17;/h12-14,23H,4-11H2,1-3H3,(H,20,22)(H2,18,19,21);1H. The molecule has 0 bridgehead atoms. The van der Waals surface area contributed by atoms with Crippen molar-refractivity contribution in [3.8, 4) is 0 Å². The highest BCUT2D eigenvalue weighted by Crippen LogP contribution is 2.27. The van der Waals surface area contributed by atoms with E-state index < -0.39 is 5.60 Å². The van der Waals surface area contributed by atoms with Crippen LogP contribution in [0.1, 0.15) is 46.0 Å². The molecule has 0 aromatic rings. The van der Waals surface area contributed by atoms with Gasteiger partial charge in [-0.05, 0) is 45.3 Å². The molecule has 1 aliphatic carbocycles. The van der Waals surface area contributed by atoms with Crippen LogP contribution < -0.4 is 16.0 Å². The number of aliphatic hydroxyl groups is 1. The lowest BCUT2D eigenvalue weighted by atomic mass is 9.85. The Hall–Kier alpha value is -0.220. The third-order valence-electron chi connectivity index (χ3n) is 4.71. The van der Waals surface area contributed by atoms with E-state index >= 15 is 0 Å². The van der Waals surface area contributed by atoms with Crippen molar-refractivity contribution in [3.05, 3.63) is 0 Å². The first-order valence-electron chi connectivity index (χ1n) is 8.99. The molecule has 4 N–H and O–H groups in total. The largest absolute Gasteiger partial charge is 0.387 e. The van der Waals surface area contributed by atoms with Gasteiger partial charge in [0.2, 0.25) is 5.91 Å². The van der Waals surface area contributed by atoms with E-state index in [0.29, 0.717) is 6.54 Å². The Labute approximate surface area is 172 Å². The number of hydrogen-bond acceptors (Lipinski definition) is 4. The van der Waals surface area contributed by atoms with Crippen molar-refractivity contribution in [2.45, 2.75) is 63.6 Å². The third kappa shape index (κ3) is 7.50. The summed E-state index contributed by atoms with van der Waals surface area (Å²) in [5.41, 5.74) is -0.630. The molecular formula is C17H33IN4O2S. The van der Waals surface area contributed by atoms with Crippen LogP contribution in [0.4, 0.5) is 0 Å². The minimum atomic E-state index is -0.630. The average Bonchev–Trinajstić information content (AvgIpc) is 2.98. The highest BCUT2D eigenvalue weighted by atomic mass is 127. The topological polar surface area (TPSA) is 85.8 Å². The van der Waals surface area contributed by atoms with Crippen LogP contribution in [0.25, 0.3) is 0 Å². The molecule has 6 nitrogen and oxygen atoms in total. The molecular weight excluding hydrogens is 451 g/mol. The molecule has 0 aromatic heterocycles. The second kappa shape index (κ2) is 10.8. The predicted octanol–water partition coefficient (Wildman–Crippen LogP) is 1.72. The van der Waals surface area contributed by atoms with Gasteiger partial charge in [-0.3, -0.25) is 9.79 Å². The molecule has 1 saturated carbocycles. The highest BCUT2D eigenvalue weighted by molar-refractivity contribution is 14.0. The minimum Gasteiger partial charge on any atom is -0.387 e. The molecule has 2 rings (SSSR count). The monoisotopic (exact) mass is 484 g/mol.